The number of nitrogens with zero attached hydrogens (tertiary/aromatic N) is 2. The lowest BCUT2D eigenvalue weighted by Gasteiger charge is -2.10. The summed E-state index contributed by atoms with van der Waals surface area (Å²) in [6, 6.07) is 6.36. The summed E-state index contributed by atoms with van der Waals surface area (Å²) < 4.78 is 12.7. The third kappa shape index (κ3) is 2.23. The molecule has 82 valence electrons. The second-order valence-electron chi connectivity index (χ2n) is 3.61. The van der Waals surface area contributed by atoms with E-state index in [4.69, 9.17) is 5.73 Å². The monoisotopic (exact) mass is 217 g/mol. The maximum atomic E-state index is 12.7. The molecular weight excluding hydrogens is 205 g/mol. The van der Waals surface area contributed by atoms with Gasteiger partial charge in [0.05, 0.1) is 17.9 Å². The fourth-order valence-electron chi connectivity index (χ4n) is 1.41. The van der Waals surface area contributed by atoms with Crippen molar-refractivity contribution < 1.29 is 4.39 Å². The highest BCUT2D eigenvalue weighted by molar-refractivity contribution is 5.25. The number of rotatable bonds is 2. The lowest BCUT2D eigenvalue weighted by atomic mass is 10.1. The van der Waals surface area contributed by atoms with Crippen LogP contribution in [0.4, 0.5) is 4.39 Å². The summed E-state index contributed by atoms with van der Waals surface area (Å²) >= 11 is 0. The second-order valence-corrected chi connectivity index (χ2v) is 3.61. The van der Waals surface area contributed by atoms with Crippen molar-refractivity contribution in [2.75, 3.05) is 0 Å². The van der Waals surface area contributed by atoms with Crippen molar-refractivity contribution in [3.05, 3.63) is 59.4 Å². The van der Waals surface area contributed by atoms with Crippen LogP contribution < -0.4 is 5.73 Å². The summed E-state index contributed by atoms with van der Waals surface area (Å²) in [6.45, 7) is 1.91. The summed E-state index contributed by atoms with van der Waals surface area (Å²) in [6.07, 6.45) is 2.88. The van der Waals surface area contributed by atoms with E-state index in [1.807, 2.05) is 19.1 Å². The molecule has 2 aromatic rings. The number of nitrogens with two attached hydrogens (primary N) is 1. The van der Waals surface area contributed by atoms with Crippen LogP contribution in [0.25, 0.3) is 0 Å². The molecule has 0 spiro atoms. The highest BCUT2D eigenvalue weighted by Gasteiger charge is 2.10. The van der Waals surface area contributed by atoms with Gasteiger partial charge in [0.2, 0.25) is 0 Å². The Bertz CT molecular complexity index is 419. The predicted molar refractivity (Wildman–Crippen MR) is 59.2 cm³/mol. The Morgan fingerprint density at radius 3 is 2.50 bits per heavy atom. The van der Waals surface area contributed by atoms with Crippen molar-refractivity contribution in [2.45, 2.75) is 13.0 Å². The molecule has 4 heteroatoms. The highest BCUT2D eigenvalue weighted by atomic mass is 19.1. The number of hydrogen-bond acceptors (Lipinski definition) is 3. The fourth-order valence-corrected chi connectivity index (χ4v) is 1.41. The zero-order valence-electron chi connectivity index (χ0n) is 8.89. The maximum Gasteiger partial charge on any atom is 0.141 e. The maximum absolute atomic E-state index is 12.7. The molecule has 3 nitrogen and oxygen atoms in total. The fraction of sp³-hybridized carbons (Fsp3) is 0.167. The van der Waals surface area contributed by atoms with Crippen LogP contribution in [0.1, 0.15) is 23.0 Å². The quantitative estimate of drug-likeness (QED) is 0.836. The summed E-state index contributed by atoms with van der Waals surface area (Å²) in [5.41, 5.74) is 8.42. The van der Waals surface area contributed by atoms with Gasteiger partial charge in [-0.05, 0) is 30.7 Å². The van der Waals surface area contributed by atoms with Crippen molar-refractivity contribution in [3.8, 4) is 0 Å². The molecule has 0 aliphatic carbocycles. The molecule has 0 aromatic carbocycles. The lowest BCUT2D eigenvalue weighted by molar-refractivity contribution is 0.617. The highest BCUT2D eigenvalue weighted by Crippen LogP contribution is 2.16. The van der Waals surface area contributed by atoms with Gasteiger partial charge in [-0.2, -0.15) is 0 Å². The lowest BCUT2D eigenvalue weighted by Crippen LogP contribution is -2.13. The largest absolute Gasteiger partial charge is 0.319 e. The van der Waals surface area contributed by atoms with Gasteiger partial charge in [-0.15, -0.1) is 0 Å². The Balaban J connectivity index is 2.28. The molecule has 2 aromatic heterocycles. The van der Waals surface area contributed by atoms with E-state index in [9.17, 15) is 4.39 Å². The molecule has 0 aliphatic rings. The predicted octanol–water partition coefficient (Wildman–Crippen LogP) is 1.97. The third-order valence-corrected chi connectivity index (χ3v) is 2.36. The van der Waals surface area contributed by atoms with Gasteiger partial charge in [0.1, 0.15) is 5.82 Å². The van der Waals surface area contributed by atoms with Crippen molar-refractivity contribution in [3.63, 3.8) is 0 Å². The Morgan fingerprint density at radius 1 is 1.12 bits per heavy atom. The van der Waals surface area contributed by atoms with Gasteiger partial charge in [0, 0.05) is 11.9 Å². The smallest absolute Gasteiger partial charge is 0.141 e. The number of pyridine rings is 2. The summed E-state index contributed by atoms with van der Waals surface area (Å²) in [5.74, 6) is -0.363. The first-order valence-electron chi connectivity index (χ1n) is 4.96. The van der Waals surface area contributed by atoms with E-state index in [0.717, 1.165) is 17.5 Å². The molecule has 1 unspecified atom stereocenters. The molecular formula is C12H12FN3. The molecule has 0 fully saturated rings. The molecule has 16 heavy (non-hydrogen) atoms. The van der Waals surface area contributed by atoms with Crippen LogP contribution in [0.5, 0.6) is 0 Å². The topological polar surface area (TPSA) is 51.8 Å². The number of aromatic nitrogens is 2. The SMILES string of the molecule is Cc1ccc(C(N)c2ccc(F)cn2)cn1. The van der Waals surface area contributed by atoms with Crippen molar-refractivity contribution in [1.82, 2.24) is 9.97 Å². The van der Waals surface area contributed by atoms with E-state index in [-0.39, 0.29) is 11.9 Å². The minimum atomic E-state index is -0.367. The molecule has 2 heterocycles. The zero-order valence-corrected chi connectivity index (χ0v) is 8.89. The van der Waals surface area contributed by atoms with E-state index in [2.05, 4.69) is 9.97 Å². The van der Waals surface area contributed by atoms with Gasteiger partial charge in [0.25, 0.3) is 0 Å². The van der Waals surface area contributed by atoms with Crippen LogP contribution in [-0.4, -0.2) is 9.97 Å². The second kappa shape index (κ2) is 4.37. The molecule has 0 saturated heterocycles. The minimum absolute atomic E-state index is 0.363. The van der Waals surface area contributed by atoms with Gasteiger partial charge in [-0.1, -0.05) is 6.07 Å². The Kier molecular flexibility index (Phi) is 2.92. The van der Waals surface area contributed by atoms with E-state index < -0.39 is 0 Å². The summed E-state index contributed by atoms with van der Waals surface area (Å²) in [4.78, 5) is 8.11. The van der Waals surface area contributed by atoms with Crippen molar-refractivity contribution >= 4 is 0 Å². The van der Waals surface area contributed by atoms with Crippen LogP contribution in [0.15, 0.2) is 36.7 Å². The average molecular weight is 217 g/mol. The van der Waals surface area contributed by atoms with E-state index in [1.165, 1.54) is 6.07 Å². The number of aryl methyl sites for hydroxylation is 1. The van der Waals surface area contributed by atoms with Gasteiger partial charge in [-0.25, -0.2) is 4.39 Å². The first-order chi connectivity index (χ1) is 7.66. The Labute approximate surface area is 93.2 Å². The normalized spacial score (nSPS) is 12.4. The molecule has 1 atom stereocenters. The van der Waals surface area contributed by atoms with E-state index in [0.29, 0.717) is 5.69 Å². The van der Waals surface area contributed by atoms with Crippen LogP contribution >= 0.6 is 0 Å². The number of hydrogen-bond donors (Lipinski definition) is 1. The van der Waals surface area contributed by atoms with Gasteiger partial charge in [0.15, 0.2) is 0 Å². The zero-order chi connectivity index (χ0) is 11.5. The van der Waals surface area contributed by atoms with Crippen molar-refractivity contribution in [2.24, 2.45) is 5.73 Å². The first-order valence-corrected chi connectivity index (χ1v) is 4.96. The molecule has 0 aliphatic heterocycles. The molecule has 0 bridgehead atoms. The molecule has 2 N–H and O–H groups in total. The molecule has 0 amide bonds. The summed E-state index contributed by atoms with van der Waals surface area (Å²) in [5, 5.41) is 0. The Morgan fingerprint density at radius 2 is 1.94 bits per heavy atom. The number of halogens is 1. The third-order valence-electron chi connectivity index (χ3n) is 2.36. The first kappa shape index (κ1) is 10.7. The van der Waals surface area contributed by atoms with Crippen LogP contribution in [-0.2, 0) is 0 Å². The minimum Gasteiger partial charge on any atom is -0.319 e. The van der Waals surface area contributed by atoms with Gasteiger partial charge in [-0.3, -0.25) is 9.97 Å². The van der Waals surface area contributed by atoms with Gasteiger partial charge >= 0.3 is 0 Å². The summed E-state index contributed by atoms with van der Waals surface area (Å²) in [7, 11) is 0. The molecule has 2 rings (SSSR count). The average Bonchev–Trinajstić information content (AvgIpc) is 2.30. The van der Waals surface area contributed by atoms with E-state index >= 15 is 0 Å². The van der Waals surface area contributed by atoms with E-state index in [1.54, 1.807) is 12.3 Å². The standard InChI is InChI=1S/C12H12FN3/c1-8-2-3-9(6-15-8)12(14)11-5-4-10(13)7-16-11/h2-7,12H,14H2,1H3. The van der Waals surface area contributed by atoms with Crippen molar-refractivity contribution in [1.29, 1.82) is 0 Å². The van der Waals surface area contributed by atoms with Crippen LogP contribution in [0.2, 0.25) is 0 Å². The molecule has 0 saturated carbocycles. The molecule has 0 radical (unpaired) electrons. The van der Waals surface area contributed by atoms with Gasteiger partial charge < -0.3 is 5.73 Å². The van der Waals surface area contributed by atoms with Crippen LogP contribution in [0.3, 0.4) is 0 Å². The Hall–Kier alpha value is -1.81. The van der Waals surface area contributed by atoms with Crippen LogP contribution in [0, 0.1) is 12.7 Å².